The highest BCUT2D eigenvalue weighted by molar-refractivity contribution is 6.43. The Balaban J connectivity index is 4.75. The van der Waals surface area contributed by atoms with Crippen molar-refractivity contribution in [2.75, 3.05) is 0 Å². The minimum absolute atomic E-state index is 0.375. The lowest BCUT2D eigenvalue weighted by Crippen LogP contribution is -2.10. The lowest BCUT2D eigenvalue weighted by atomic mass is 10.1. The van der Waals surface area contributed by atoms with Crippen molar-refractivity contribution in [1.82, 2.24) is 0 Å². The molecule has 64 valence electrons. The first-order valence-corrected chi connectivity index (χ1v) is 3.64. The number of hydrogen-bond donors (Lipinski definition) is 0. The van der Waals surface area contributed by atoms with Crippen LogP contribution in [0.15, 0.2) is 36.5 Å². The standard InChI is InChI=1S/C10H12O2/c1-4-6-9(7-5-2)10(12)8(3)11/h4-7H,1H2,2-3H3/b7-5-,9-6+. The van der Waals surface area contributed by atoms with Gasteiger partial charge in [0.2, 0.25) is 5.78 Å². The summed E-state index contributed by atoms with van der Waals surface area (Å²) in [6.07, 6.45) is 6.29. The Morgan fingerprint density at radius 1 is 1.33 bits per heavy atom. The summed E-state index contributed by atoms with van der Waals surface area (Å²) in [5.74, 6) is -0.936. The predicted octanol–water partition coefficient (Wildman–Crippen LogP) is 1.83. The second-order valence-corrected chi connectivity index (χ2v) is 2.24. The average molecular weight is 164 g/mol. The lowest BCUT2D eigenvalue weighted by molar-refractivity contribution is -0.132. The van der Waals surface area contributed by atoms with E-state index in [2.05, 4.69) is 6.58 Å². The third kappa shape index (κ3) is 3.10. The number of carbonyl (C=O) groups is 2. The van der Waals surface area contributed by atoms with Crippen LogP contribution >= 0.6 is 0 Å². The maximum absolute atomic E-state index is 11.1. The van der Waals surface area contributed by atoms with Crippen LogP contribution in [0.25, 0.3) is 0 Å². The fraction of sp³-hybridized carbons (Fsp3) is 0.200. The highest BCUT2D eigenvalue weighted by Gasteiger charge is 2.10. The van der Waals surface area contributed by atoms with Gasteiger partial charge < -0.3 is 0 Å². The average Bonchev–Trinajstić information content (AvgIpc) is 2.03. The summed E-state index contributed by atoms with van der Waals surface area (Å²) in [5.41, 5.74) is 0.375. The number of Topliss-reactive ketones (excluding diaryl/α,β-unsaturated/α-hetero) is 2. The van der Waals surface area contributed by atoms with Crippen molar-refractivity contribution in [3.63, 3.8) is 0 Å². The van der Waals surface area contributed by atoms with Crippen LogP contribution in [0.4, 0.5) is 0 Å². The SMILES string of the molecule is C=C/C=C(\C=C/C)C(=O)C(C)=O. The molecule has 2 nitrogen and oxygen atoms in total. The van der Waals surface area contributed by atoms with Gasteiger partial charge in [-0.15, -0.1) is 0 Å². The van der Waals surface area contributed by atoms with E-state index in [9.17, 15) is 9.59 Å². The Morgan fingerprint density at radius 2 is 1.92 bits per heavy atom. The van der Waals surface area contributed by atoms with Crippen molar-refractivity contribution in [3.8, 4) is 0 Å². The highest BCUT2D eigenvalue weighted by atomic mass is 16.2. The highest BCUT2D eigenvalue weighted by Crippen LogP contribution is 2.00. The maximum atomic E-state index is 11.1. The van der Waals surface area contributed by atoms with E-state index >= 15 is 0 Å². The van der Waals surface area contributed by atoms with Gasteiger partial charge in [-0.05, 0) is 6.92 Å². The molecule has 0 saturated heterocycles. The zero-order valence-electron chi connectivity index (χ0n) is 7.33. The van der Waals surface area contributed by atoms with E-state index in [1.54, 1.807) is 19.1 Å². The molecule has 0 aliphatic heterocycles. The summed E-state index contributed by atoms with van der Waals surface area (Å²) < 4.78 is 0. The van der Waals surface area contributed by atoms with Gasteiger partial charge in [0, 0.05) is 12.5 Å². The summed E-state index contributed by atoms with van der Waals surface area (Å²) in [7, 11) is 0. The van der Waals surface area contributed by atoms with Crippen LogP contribution in [0.2, 0.25) is 0 Å². The summed E-state index contributed by atoms with van der Waals surface area (Å²) in [6, 6.07) is 0. The van der Waals surface area contributed by atoms with Gasteiger partial charge in [0.05, 0.1) is 0 Å². The molecule has 0 aliphatic rings. The third-order valence-corrected chi connectivity index (χ3v) is 1.23. The Bertz CT molecular complexity index is 257. The van der Waals surface area contributed by atoms with Gasteiger partial charge in [-0.2, -0.15) is 0 Å². The zero-order chi connectivity index (χ0) is 9.56. The molecule has 12 heavy (non-hydrogen) atoms. The van der Waals surface area contributed by atoms with Crippen LogP contribution in [0, 0.1) is 0 Å². The van der Waals surface area contributed by atoms with Crippen LogP contribution in [0.5, 0.6) is 0 Å². The van der Waals surface area contributed by atoms with Gasteiger partial charge in [0.25, 0.3) is 0 Å². The lowest BCUT2D eigenvalue weighted by Gasteiger charge is -1.94. The van der Waals surface area contributed by atoms with Crippen LogP contribution < -0.4 is 0 Å². The van der Waals surface area contributed by atoms with E-state index in [1.807, 2.05) is 0 Å². The van der Waals surface area contributed by atoms with Gasteiger partial charge in [0.1, 0.15) is 0 Å². The molecule has 0 saturated carbocycles. The smallest absolute Gasteiger partial charge is 0.228 e. The molecule has 0 fully saturated rings. The topological polar surface area (TPSA) is 34.1 Å². The van der Waals surface area contributed by atoms with E-state index in [1.165, 1.54) is 19.1 Å². The number of allylic oxidation sites excluding steroid dienone is 5. The van der Waals surface area contributed by atoms with Crippen LogP contribution in [-0.4, -0.2) is 11.6 Å². The molecule has 0 unspecified atom stereocenters. The van der Waals surface area contributed by atoms with Gasteiger partial charge >= 0.3 is 0 Å². The first kappa shape index (κ1) is 10.6. The first-order chi connectivity index (χ1) is 5.63. The predicted molar refractivity (Wildman–Crippen MR) is 48.8 cm³/mol. The number of rotatable bonds is 4. The molecule has 0 aromatic rings. The van der Waals surface area contributed by atoms with E-state index < -0.39 is 11.6 Å². The van der Waals surface area contributed by atoms with Crippen LogP contribution in [0.1, 0.15) is 13.8 Å². The fourth-order valence-electron chi connectivity index (χ4n) is 0.717. The summed E-state index contributed by atoms with van der Waals surface area (Å²) in [5, 5.41) is 0. The molecular formula is C10H12O2. The van der Waals surface area contributed by atoms with Gasteiger partial charge in [-0.3, -0.25) is 9.59 Å². The molecule has 0 radical (unpaired) electrons. The molecule has 2 heteroatoms. The van der Waals surface area contributed by atoms with Crippen molar-refractivity contribution < 1.29 is 9.59 Å². The molecule has 0 N–H and O–H groups in total. The number of hydrogen-bond acceptors (Lipinski definition) is 2. The van der Waals surface area contributed by atoms with E-state index in [0.29, 0.717) is 5.57 Å². The minimum Gasteiger partial charge on any atom is -0.291 e. The van der Waals surface area contributed by atoms with Gasteiger partial charge in [-0.1, -0.05) is 30.9 Å². The zero-order valence-corrected chi connectivity index (χ0v) is 7.33. The second kappa shape index (κ2) is 5.24. The van der Waals surface area contributed by atoms with Gasteiger partial charge in [-0.25, -0.2) is 0 Å². The van der Waals surface area contributed by atoms with Crippen molar-refractivity contribution in [3.05, 3.63) is 36.5 Å². The quantitative estimate of drug-likeness (QED) is 0.361. The molecule has 0 aromatic carbocycles. The van der Waals surface area contributed by atoms with Crippen LogP contribution in [0.3, 0.4) is 0 Å². The molecule has 0 amide bonds. The van der Waals surface area contributed by atoms with E-state index in [0.717, 1.165) is 0 Å². The summed E-state index contributed by atoms with van der Waals surface area (Å²) >= 11 is 0. The van der Waals surface area contributed by atoms with E-state index in [-0.39, 0.29) is 0 Å². The summed E-state index contributed by atoms with van der Waals surface area (Å²) in [6.45, 7) is 6.49. The normalized spacial score (nSPS) is 11.7. The van der Waals surface area contributed by atoms with Crippen LogP contribution in [-0.2, 0) is 9.59 Å². The monoisotopic (exact) mass is 164 g/mol. The Kier molecular flexibility index (Phi) is 4.61. The minimum atomic E-state index is -0.479. The Hall–Kier alpha value is -1.44. The Labute approximate surface area is 72.3 Å². The molecule has 0 bridgehead atoms. The molecule has 0 aliphatic carbocycles. The molecule has 0 heterocycles. The molecule has 0 rings (SSSR count). The number of ketones is 2. The first-order valence-electron chi connectivity index (χ1n) is 3.64. The molecule has 0 aromatic heterocycles. The molecule has 0 atom stereocenters. The maximum Gasteiger partial charge on any atom is 0.228 e. The van der Waals surface area contributed by atoms with Gasteiger partial charge in [0.15, 0.2) is 5.78 Å². The second-order valence-electron chi connectivity index (χ2n) is 2.24. The fourth-order valence-corrected chi connectivity index (χ4v) is 0.717. The van der Waals surface area contributed by atoms with Crippen molar-refractivity contribution in [1.29, 1.82) is 0 Å². The van der Waals surface area contributed by atoms with Crippen molar-refractivity contribution in [2.24, 2.45) is 0 Å². The van der Waals surface area contributed by atoms with Crippen molar-refractivity contribution in [2.45, 2.75) is 13.8 Å². The van der Waals surface area contributed by atoms with E-state index in [4.69, 9.17) is 0 Å². The van der Waals surface area contributed by atoms with Crippen molar-refractivity contribution >= 4 is 11.6 Å². The summed E-state index contributed by atoms with van der Waals surface area (Å²) in [4.78, 5) is 21.8. The molecule has 0 spiro atoms. The third-order valence-electron chi connectivity index (χ3n) is 1.23. The number of carbonyl (C=O) groups excluding carboxylic acids is 2. The molecular weight excluding hydrogens is 152 g/mol. The largest absolute Gasteiger partial charge is 0.291 e. The Morgan fingerprint density at radius 3 is 2.25 bits per heavy atom.